The summed E-state index contributed by atoms with van der Waals surface area (Å²) in [5, 5.41) is 13.3. The Morgan fingerprint density at radius 1 is 1.39 bits per heavy atom. The average Bonchev–Trinajstić information content (AvgIpc) is 2.77. The van der Waals surface area contributed by atoms with Crippen LogP contribution < -0.4 is 0 Å². The highest BCUT2D eigenvalue weighted by Gasteiger charge is 2.10. The van der Waals surface area contributed by atoms with Crippen molar-refractivity contribution in [1.29, 1.82) is 0 Å². The van der Waals surface area contributed by atoms with Crippen LogP contribution in [0.1, 0.15) is 29.3 Å². The third kappa shape index (κ3) is 2.42. The number of nitrogens with zero attached hydrogens (tertiary/aromatic N) is 2. The van der Waals surface area contributed by atoms with Crippen molar-refractivity contribution in [2.45, 2.75) is 26.8 Å². The Morgan fingerprint density at radius 3 is 2.83 bits per heavy atom. The molecule has 1 aromatic carbocycles. The smallest absolute Gasteiger partial charge is 0.335 e. The maximum atomic E-state index is 11.1. The summed E-state index contributed by atoms with van der Waals surface area (Å²) in [6.45, 7) is 4.82. The van der Waals surface area contributed by atoms with Crippen molar-refractivity contribution >= 4 is 5.97 Å². The van der Waals surface area contributed by atoms with Gasteiger partial charge in [0.25, 0.3) is 0 Å². The number of carboxylic acid groups (broad SMARTS) is 1. The molecule has 18 heavy (non-hydrogen) atoms. The lowest BCUT2D eigenvalue weighted by atomic mass is 10.0. The Balaban J connectivity index is 2.49. The van der Waals surface area contributed by atoms with Gasteiger partial charge in [-0.2, -0.15) is 5.10 Å². The van der Waals surface area contributed by atoms with Crippen LogP contribution >= 0.6 is 0 Å². The van der Waals surface area contributed by atoms with Crippen molar-refractivity contribution < 1.29 is 9.90 Å². The van der Waals surface area contributed by atoms with Gasteiger partial charge in [-0.1, -0.05) is 6.92 Å². The molecule has 1 aromatic heterocycles. The highest BCUT2D eigenvalue weighted by Crippen LogP contribution is 2.22. The first-order chi connectivity index (χ1) is 8.61. The quantitative estimate of drug-likeness (QED) is 0.899. The SMILES string of the molecule is CCCn1nccc1-c1cc(C)cc(C(=O)O)c1. The average molecular weight is 244 g/mol. The van der Waals surface area contributed by atoms with Crippen LogP contribution in [-0.2, 0) is 6.54 Å². The van der Waals surface area contributed by atoms with E-state index in [0.717, 1.165) is 29.8 Å². The highest BCUT2D eigenvalue weighted by molar-refractivity contribution is 5.89. The lowest BCUT2D eigenvalue weighted by Gasteiger charge is -2.08. The van der Waals surface area contributed by atoms with E-state index in [1.54, 1.807) is 18.3 Å². The molecular formula is C14H16N2O2. The molecule has 1 heterocycles. The summed E-state index contributed by atoms with van der Waals surface area (Å²) in [5.74, 6) is -0.901. The zero-order valence-corrected chi connectivity index (χ0v) is 10.6. The fourth-order valence-corrected chi connectivity index (χ4v) is 2.02. The molecule has 0 spiro atoms. The van der Waals surface area contributed by atoms with Crippen molar-refractivity contribution in [2.75, 3.05) is 0 Å². The number of hydrogen-bond acceptors (Lipinski definition) is 2. The largest absolute Gasteiger partial charge is 0.478 e. The molecule has 0 saturated heterocycles. The van der Waals surface area contributed by atoms with Gasteiger partial charge in [0, 0.05) is 18.3 Å². The van der Waals surface area contributed by atoms with Gasteiger partial charge in [-0.3, -0.25) is 4.68 Å². The topological polar surface area (TPSA) is 55.1 Å². The highest BCUT2D eigenvalue weighted by atomic mass is 16.4. The molecule has 0 saturated carbocycles. The van der Waals surface area contributed by atoms with E-state index in [9.17, 15) is 4.79 Å². The number of carbonyl (C=O) groups is 1. The van der Waals surface area contributed by atoms with Gasteiger partial charge in [-0.15, -0.1) is 0 Å². The summed E-state index contributed by atoms with van der Waals surface area (Å²) < 4.78 is 1.90. The first kappa shape index (κ1) is 12.4. The van der Waals surface area contributed by atoms with E-state index >= 15 is 0 Å². The molecule has 0 aliphatic rings. The predicted octanol–water partition coefficient (Wildman–Crippen LogP) is 2.97. The Morgan fingerprint density at radius 2 is 2.17 bits per heavy atom. The second-order valence-corrected chi connectivity index (χ2v) is 4.33. The fourth-order valence-electron chi connectivity index (χ4n) is 2.02. The number of rotatable bonds is 4. The van der Waals surface area contributed by atoms with Crippen LogP contribution in [0.2, 0.25) is 0 Å². The summed E-state index contributed by atoms with van der Waals surface area (Å²) in [6.07, 6.45) is 2.74. The molecule has 0 unspecified atom stereocenters. The first-order valence-corrected chi connectivity index (χ1v) is 5.99. The van der Waals surface area contributed by atoms with E-state index in [4.69, 9.17) is 5.11 Å². The standard InChI is InChI=1S/C14H16N2O2/c1-3-6-16-13(4-5-15-16)11-7-10(2)8-12(9-11)14(17)18/h4-5,7-9H,3,6H2,1-2H3,(H,17,18). The molecule has 4 nitrogen and oxygen atoms in total. The van der Waals surface area contributed by atoms with Crippen LogP contribution in [0, 0.1) is 6.92 Å². The second-order valence-electron chi connectivity index (χ2n) is 4.33. The van der Waals surface area contributed by atoms with Gasteiger partial charge in [-0.05, 0) is 43.2 Å². The molecule has 0 radical (unpaired) electrons. The molecule has 1 N–H and O–H groups in total. The lowest BCUT2D eigenvalue weighted by Crippen LogP contribution is -2.03. The number of hydrogen-bond donors (Lipinski definition) is 1. The van der Waals surface area contributed by atoms with Gasteiger partial charge in [0.1, 0.15) is 0 Å². The fraction of sp³-hybridized carbons (Fsp3) is 0.286. The van der Waals surface area contributed by atoms with Crippen molar-refractivity contribution in [2.24, 2.45) is 0 Å². The Bertz CT molecular complexity index is 573. The van der Waals surface area contributed by atoms with Crippen LogP contribution in [0.4, 0.5) is 0 Å². The molecule has 2 aromatic rings. The minimum absolute atomic E-state index is 0.314. The summed E-state index contributed by atoms with van der Waals surface area (Å²) >= 11 is 0. The van der Waals surface area contributed by atoms with E-state index in [1.165, 1.54) is 0 Å². The molecule has 0 aliphatic heterocycles. The third-order valence-electron chi connectivity index (χ3n) is 2.77. The predicted molar refractivity (Wildman–Crippen MR) is 69.7 cm³/mol. The molecule has 2 rings (SSSR count). The summed E-state index contributed by atoms with van der Waals surface area (Å²) in [5.41, 5.74) is 3.12. The number of benzene rings is 1. The van der Waals surface area contributed by atoms with E-state index in [1.807, 2.05) is 23.7 Å². The van der Waals surface area contributed by atoms with E-state index < -0.39 is 5.97 Å². The zero-order chi connectivity index (χ0) is 13.1. The second kappa shape index (κ2) is 5.04. The monoisotopic (exact) mass is 244 g/mol. The van der Waals surface area contributed by atoms with Crippen LogP contribution in [0.15, 0.2) is 30.5 Å². The third-order valence-corrected chi connectivity index (χ3v) is 2.77. The molecule has 0 atom stereocenters. The first-order valence-electron chi connectivity index (χ1n) is 5.99. The van der Waals surface area contributed by atoms with Crippen molar-refractivity contribution in [3.05, 3.63) is 41.6 Å². The van der Waals surface area contributed by atoms with Crippen molar-refractivity contribution in [3.63, 3.8) is 0 Å². The maximum absolute atomic E-state index is 11.1. The number of aromatic carboxylic acids is 1. The van der Waals surface area contributed by atoms with Crippen molar-refractivity contribution in [1.82, 2.24) is 9.78 Å². The minimum atomic E-state index is -0.901. The number of carboxylic acids is 1. The lowest BCUT2D eigenvalue weighted by molar-refractivity contribution is 0.0697. The van der Waals surface area contributed by atoms with Gasteiger partial charge < -0.3 is 5.11 Å². The van der Waals surface area contributed by atoms with Gasteiger partial charge in [0.2, 0.25) is 0 Å². The van der Waals surface area contributed by atoms with E-state index in [2.05, 4.69) is 12.0 Å². The van der Waals surface area contributed by atoms with Crippen LogP contribution in [0.3, 0.4) is 0 Å². The summed E-state index contributed by atoms with van der Waals surface area (Å²) in [4.78, 5) is 11.1. The van der Waals surface area contributed by atoms with Crippen LogP contribution in [0.25, 0.3) is 11.3 Å². The Labute approximate surface area is 106 Å². The molecule has 94 valence electrons. The minimum Gasteiger partial charge on any atom is -0.478 e. The van der Waals surface area contributed by atoms with Gasteiger partial charge in [0.05, 0.1) is 11.3 Å². The molecule has 0 amide bonds. The van der Waals surface area contributed by atoms with Crippen LogP contribution in [-0.4, -0.2) is 20.9 Å². The van der Waals surface area contributed by atoms with Gasteiger partial charge in [0.15, 0.2) is 0 Å². The van der Waals surface area contributed by atoms with E-state index in [0.29, 0.717) is 5.56 Å². The normalized spacial score (nSPS) is 10.6. The molecule has 0 aliphatic carbocycles. The molecule has 0 bridgehead atoms. The molecular weight excluding hydrogens is 228 g/mol. The molecule has 4 heteroatoms. The number of aromatic nitrogens is 2. The summed E-state index contributed by atoms with van der Waals surface area (Å²) in [7, 11) is 0. The summed E-state index contributed by atoms with van der Waals surface area (Å²) in [6, 6.07) is 7.26. The van der Waals surface area contributed by atoms with Crippen LogP contribution in [0.5, 0.6) is 0 Å². The van der Waals surface area contributed by atoms with Gasteiger partial charge in [-0.25, -0.2) is 4.79 Å². The Hall–Kier alpha value is -2.10. The zero-order valence-electron chi connectivity index (χ0n) is 10.6. The Kier molecular flexibility index (Phi) is 3.46. The van der Waals surface area contributed by atoms with E-state index in [-0.39, 0.29) is 0 Å². The number of aryl methyl sites for hydroxylation is 2. The van der Waals surface area contributed by atoms with Gasteiger partial charge >= 0.3 is 5.97 Å². The maximum Gasteiger partial charge on any atom is 0.335 e. The van der Waals surface area contributed by atoms with Crippen molar-refractivity contribution in [3.8, 4) is 11.3 Å². The molecule has 0 fully saturated rings.